The van der Waals surface area contributed by atoms with Crippen LogP contribution in [0.2, 0.25) is 0 Å². The van der Waals surface area contributed by atoms with E-state index in [1.165, 1.54) is 32.6 Å². The predicted octanol–water partition coefficient (Wildman–Crippen LogP) is 10.7. The Hall–Kier alpha value is -5.87. The zero-order valence-electron chi connectivity index (χ0n) is 23.2. The molecule has 3 aromatic heterocycles. The van der Waals surface area contributed by atoms with E-state index in [1.54, 1.807) is 0 Å². The largest absolute Gasteiger partial charge is 0.452 e. The highest BCUT2D eigenvalue weighted by atomic mass is 16.3. The molecule has 0 aliphatic carbocycles. The average Bonchev–Trinajstić information content (AvgIpc) is 3.62. The van der Waals surface area contributed by atoms with E-state index in [4.69, 9.17) is 9.40 Å². The molecule has 0 spiro atoms. The van der Waals surface area contributed by atoms with Crippen LogP contribution in [0.1, 0.15) is 0 Å². The maximum absolute atomic E-state index is 6.46. The number of fused-ring (bicyclic) bond motifs is 8. The van der Waals surface area contributed by atoms with Crippen molar-refractivity contribution < 1.29 is 4.42 Å². The van der Waals surface area contributed by atoms with Crippen LogP contribution in [0.5, 0.6) is 0 Å². The van der Waals surface area contributed by atoms with E-state index in [1.807, 2.05) is 36.5 Å². The van der Waals surface area contributed by atoms with Gasteiger partial charge in [-0.25, -0.2) is 0 Å². The Bertz CT molecular complexity index is 2470. The second-order valence-corrected chi connectivity index (χ2v) is 10.8. The zero-order chi connectivity index (χ0) is 28.3. The molecule has 0 saturated heterocycles. The summed E-state index contributed by atoms with van der Waals surface area (Å²) >= 11 is 0. The first kappa shape index (κ1) is 23.8. The van der Waals surface area contributed by atoms with Gasteiger partial charge in [-0.15, -0.1) is 0 Å². The predicted molar refractivity (Wildman–Crippen MR) is 178 cm³/mol. The van der Waals surface area contributed by atoms with Crippen molar-refractivity contribution >= 4 is 71.7 Å². The molecule has 4 nitrogen and oxygen atoms in total. The van der Waals surface area contributed by atoms with Gasteiger partial charge in [0, 0.05) is 39.4 Å². The molecular formula is C39H25N3O. The average molecular weight is 552 g/mol. The van der Waals surface area contributed by atoms with Gasteiger partial charge < -0.3 is 13.9 Å². The Balaban J connectivity index is 1.31. The highest BCUT2D eigenvalue weighted by Gasteiger charge is 2.21. The van der Waals surface area contributed by atoms with Crippen molar-refractivity contribution in [3.63, 3.8) is 0 Å². The lowest BCUT2D eigenvalue weighted by Crippen LogP contribution is -2.11. The van der Waals surface area contributed by atoms with Crippen LogP contribution >= 0.6 is 0 Å². The van der Waals surface area contributed by atoms with Crippen LogP contribution in [-0.4, -0.2) is 9.55 Å². The minimum atomic E-state index is 0.765. The lowest BCUT2D eigenvalue weighted by molar-refractivity contribution is 0.668. The molecule has 0 saturated carbocycles. The Morgan fingerprint density at radius 2 is 1.30 bits per heavy atom. The molecule has 0 aliphatic heterocycles. The summed E-state index contributed by atoms with van der Waals surface area (Å²) in [5.41, 5.74) is 8.93. The molecule has 0 unspecified atom stereocenters. The Morgan fingerprint density at radius 1 is 0.558 bits per heavy atom. The van der Waals surface area contributed by atoms with Crippen molar-refractivity contribution in [2.24, 2.45) is 0 Å². The maximum Gasteiger partial charge on any atom is 0.177 e. The fraction of sp³-hybridized carbons (Fsp3) is 0. The second-order valence-electron chi connectivity index (χ2n) is 10.8. The number of hydrogen-bond acceptors (Lipinski definition) is 3. The highest BCUT2D eigenvalue weighted by Crippen LogP contribution is 2.42. The molecule has 9 rings (SSSR count). The molecule has 0 atom stereocenters. The summed E-state index contributed by atoms with van der Waals surface area (Å²) in [6.07, 6.45) is 1.87. The molecule has 0 aliphatic rings. The van der Waals surface area contributed by atoms with E-state index in [9.17, 15) is 0 Å². The van der Waals surface area contributed by atoms with E-state index in [-0.39, 0.29) is 0 Å². The lowest BCUT2D eigenvalue weighted by atomic mass is 10.0. The van der Waals surface area contributed by atoms with E-state index < -0.39 is 0 Å². The SMILES string of the molecule is c1ccc(N(c2cccc(-n3c4ccccc4c4c5ccccc5ccc43)c2)c2ccnc3c2oc2ccccc23)cc1. The molecule has 4 heteroatoms. The number of benzene rings is 6. The van der Waals surface area contributed by atoms with Gasteiger partial charge >= 0.3 is 0 Å². The monoisotopic (exact) mass is 551 g/mol. The van der Waals surface area contributed by atoms with Gasteiger partial charge in [-0.3, -0.25) is 4.98 Å². The highest BCUT2D eigenvalue weighted by molar-refractivity contribution is 6.21. The van der Waals surface area contributed by atoms with Gasteiger partial charge in [0.05, 0.1) is 16.7 Å². The summed E-state index contributed by atoms with van der Waals surface area (Å²) in [5, 5.41) is 6.05. The van der Waals surface area contributed by atoms with Crippen molar-refractivity contribution in [2.45, 2.75) is 0 Å². The first-order valence-corrected chi connectivity index (χ1v) is 14.5. The van der Waals surface area contributed by atoms with Crippen LogP contribution in [-0.2, 0) is 0 Å². The number of anilines is 3. The topological polar surface area (TPSA) is 34.2 Å². The van der Waals surface area contributed by atoms with Gasteiger partial charge in [-0.05, 0) is 71.4 Å². The first-order chi connectivity index (χ1) is 21.3. The maximum atomic E-state index is 6.46. The molecule has 0 N–H and O–H groups in total. The van der Waals surface area contributed by atoms with E-state index in [0.29, 0.717) is 0 Å². The van der Waals surface area contributed by atoms with Crippen LogP contribution in [0.3, 0.4) is 0 Å². The second kappa shape index (κ2) is 9.33. The third-order valence-electron chi connectivity index (χ3n) is 8.40. The molecule has 6 aromatic carbocycles. The molecule has 9 aromatic rings. The Morgan fingerprint density at radius 3 is 2.21 bits per heavy atom. The fourth-order valence-corrected chi connectivity index (χ4v) is 6.56. The third-order valence-corrected chi connectivity index (χ3v) is 8.40. The van der Waals surface area contributed by atoms with Gasteiger partial charge in [-0.1, -0.05) is 84.9 Å². The quantitative estimate of drug-likeness (QED) is 0.218. The minimum absolute atomic E-state index is 0.765. The molecule has 0 fully saturated rings. The molecule has 0 bridgehead atoms. The molecule has 3 heterocycles. The standard InChI is InChI=1S/C39H25N3O/c1-2-12-27(13-3-1)41(35-23-24-40-38-32-18-7-9-20-36(32)43-39(35)38)28-14-10-15-29(25-28)42-33-19-8-6-17-31(33)37-30-16-5-4-11-26(30)21-22-34(37)42/h1-25H. The van der Waals surface area contributed by atoms with Crippen LogP contribution in [0.15, 0.2) is 156 Å². The van der Waals surface area contributed by atoms with Crippen molar-refractivity contribution in [3.05, 3.63) is 152 Å². The fourth-order valence-electron chi connectivity index (χ4n) is 6.56. The van der Waals surface area contributed by atoms with Crippen molar-refractivity contribution in [1.82, 2.24) is 9.55 Å². The van der Waals surface area contributed by atoms with Crippen molar-refractivity contribution in [1.29, 1.82) is 0 Å². The van der Waals surface area contributed by atoms with Crippen LogP contribution in [0, 0.1) is 0 Å². The molecule has 202 valence electrons. The minimum Gasteiger partial charge on any atom is -0.452 e. The van der Waals surface area contributed by atoms with Crippen LogP contribution in [0.25, 0.3) is 60.3 Å². The summed E-state index contributed by atoms with van der Waals surface area (Å²) in [4.78, 5) is 6.99. The summed E-state index contributed by atoms with van der Waals surface area (Å²) in [6.45, 7) is 0. The number of rotatable bonds is 4. The Kier molecular flexibility index (Phi) is 5.16. The van der Waals surface area contributed by atoms with Gasteiger partial charge in [0.2, 0.25) is 0 Å². The van der Waals surface area contributed by atoms with Gasteiger partial charge in [0.15, 0.2) is 5.58 Å². The van der Waals surface area contributed by atoms with E-state index >= 15 is 0 Å². The van der Waals surface area contributed by atoms with Crippen molar-refractivity contribution in [2.75, 3.05) is 4.90 Å². The van der Waals surface area contributed by atoms with E-state index in [2.05, 4.69) is 125 Å². The Labute approximate surface area is 247 Å². The van der Waals surface area contributed by atoms with Crippen LogP contribution < -0.4 is 4.90 Å². The number of hydrogen-bond donors (Lipinski definition) is 0. The van der Waals surface area contributed by atoms with E-state index in [0.717, 1.165) is 44.8 Å². The summed E-state index contributed by atoms with van der Waals surface area (Å²) in [7, 11) is 0. The number of pyridine rings is 1. The number of aromatic nitrogens is 2. The summed E-state index contributed by atoms with van der Waals surface area (Å²) in [6, 6.07) is 51.2. The smallest absolute Gasteiger partial charge is 0.177 e. The number of para-hydroxylation sites is 3. The summed E-state index contributed by atoms with van der Waals surface area (Å²) in [5.74, 6) is 0. The zero-order valence-corrected chi connectivity index (χ0v) is 23.2. The lowest BCUT2D eigenvalue weighted by Gasteiger charge is -2.26. The molecule has 43 heavy (non-hydrogen) atoms. The summed E-state index contributed by atoms with van der Waals surface area (Å²) < 4.78 is 8.84. The third kappa shape index (κ3) is 3.60. The molecular weight excluding hydrogens is 526 g/mol. The van der Waals surface area contributed by atoms with Gasteiger partial charge in [-0.2, -0.15) is 0 Å². The van der Waals surface area contributed by atoms with Gasteiger partial charge in [0.1, 0.15) is 11.1 Å². The molecule has 0 radical (unpaired) electrons. The van der Waals surface area contributed by atoms with Crippen LogP contribution in [0.4, 0.5) is 17.1 Å². The van der Waals surface area contributed by atoms with Crippen molar-refractivity contribution in [3.8, 4) is 5.69 Å². The molecule has 0 amide bonds. The first-order valence-electron chi connectivity index (χ1n) is 14.5. The normalized spacial score (nSPS) is 11.7. The van der Waals surface area contributed by atoms with Gasteiger partial charge in [0.25, 0.3) is 0 Å². The number of furan rings is 1. The number of nitrogens with zero attached hydrogens (tertiary/aromatic N) is 3.